The van der Waals surface area contributed by atoms with Crippen molar-refractivity contribution in [2.75, 3.05) is 26.4 Å². The third-order valence-electron chi connectivity index (χ3n) is 4.78. The smallest absolute Gasteiger partial charge is 0.123 e. The summed E-state index contributed by atoms with van der Waals surface area (Å²) in [4.78, 5) is 0. The summed E-state index contributed by atoms with van der Waals surface area (Å²) in [6, 6.07) is 14.7. The normalized spacial score (nSPS) is 17.0. The van der Waals surface area contributed by atoms with Gasteiger partial charge in [0.2, 0.25) is 0 Å². The maximum atomic E-state index is 13.4. The van der Waals surface area contributed by atoms with E-state index in [1.807, 2.05) is 23.0 Å². The lowest BCUT2D eigenvalue weighted by molar-refractivity contribution is -0.0864. The highest BCUT2D eigenvalue weighted by Crippen LogP contribution is 2.24. The van der Waals surface area contributed by atoms with Crippen LogP contribution in [-0.4, -0.2) is 42.2 Å². The fourth-order valence-corrected chi connectivity index (χ4v) is 3.24. The Morgan fingerprint density at radius 2 is 1.89 bits per heavy atom. The van der Waals surface area contributed by atoms with Crippen molar-refractivity contribution >= 4 is 0 Å². The Morgan fingerprint density at radius 1 is 1.11 bits per heavy atom. The van der Waals surface area contributed by atoms with Crippen molar-refractivity contribution in [3.8, 4) is 16.9 Å². The Morgan fingerprint density at radius 3 is 2.61 bits per heavy atom. The molecule has 1 aromatic heterocycles. The molecule has 0 spiro atoms. The van der Waals surface area contributed by atoms with E-state index in [4.69, 9.17) is 14.6 Å². The van der Waals surface area contributed by atoms with E-state index < -0.39 is 0 Å². The summed E-state index contributed by atoms with van der Waals surface area (Å²) in [7, 11) is 0. The van der Waals surface area contributed by atoms with Gasteiger partial charge < -0.3 is 14.8 Å². The minimum absolute atomic E-state index is 0.0650. The second kappa shape index (κ2) is 8.65. The summed E-state index contributed by atoms with van der Waals surface area (Å²) in [5.41, 5.74) is 4.97. The number of halogens is 1. The van der Waals surface area contributed by atoms with Crippen molar-refractivity contribution in [1.29, 1.82) is 0 Å². The van der Waals surface area contributed by atoms with E-state index in [1.165, 1.54) is 17.7 Å². The van der Waals surface area contributed by atoms with Gasteiger partial charge in [0, 0.05) is 30.4 Å². The molecule has 0 bridgehead atoms. The van der Waals surface area contributed by atoms with E-state index in [9.17, 15) is 4.39 Å². The molecule has 0 aliphatic carbocycles. The summed E-state index contributed by atoms with van der Waals surface area (Å²) < 4.78 is 26.3. The van der Waals surface area contributed by atoms with Crippen LogP contribution in [0, 0.1) is 12.7 Å². The summed E-state index contributed by atoms with van der Waals surface area (Å²) in [6.07, 6.45) is 2.09. The molecule has 0 saturated carbocycles. The number of hydrogen-bond donors (Lipinski definition) is 1. The zero-order chi connectivity index (χ0) is 19.3. The zero-order valence-corrected chi connectivity index (χ0v) is 15.9. The molecule has 2 aromatic carbocycles. The Balaban J connectivity index is 1.56. The third kappa shape index (κ3) is 4.47. The molecule has 0 unspecified atom stereocenters. The van der Waals surface area contributed by atoms with Gasteiger partial charge in [-0.05, 0) is 43.3 Å². The SMILES string of the molecule is Cc1ccc(-n2cc(CNC[C@H]3COCCO3)c(-c3ccc(F)cc3)n2)cc1. The summed E-state index contributed by atoms with van der Waals surface area (Å²) >= 11 is 0. The van der Waals surface area contributed by atoms with Crippen LogP contribution in [0.5, 0.6) is 0 Å². The van der Waals surface area contributed by atoms with Crippen LogP contribution in [0.1, 0.15) is 11.1 Å². The van der Waals surface area contributed by atoms with Gasteiger partial charge in [0.05, 0.1) is 37.3 Å². The van der Waals surface area contributed by atoms with Gasteiger partial charge in [0.15, 0.2) is 0 Å². The summed E-state index contributed by atoms with van der Waals surface area (Å²) in [5, 5.41) is 8.21. The van der Waals surface area contributed by atoms with Gasteiger partial charge in [-0.25, -0.2) is 9.07 Å². The molecule has 1 fully saturated rings. The summed E-state index contributed by atoms with van der Waals surface area (Å²) in [5.74, 6) is -0.254. The molecule has 1 atom stereocenters. The number of nitrogens with zero attached hydrogens (tertiary/aromatic N) is 2. The standard InChI is InChI=1S/C22H24FN3O2/c1-16-2-8-20(9-3-16)26-14-18(12-24-13-21-15-27-10-11-28-21)22(25-26)17-4-6-19(23)7-5-17/h2-9,14,21,24H,10-13,15H2,1H3/t21-/m0/s1. The number of hydrogen-bond acceptors (Lipinski definition) is 4. The molecular formula is C22H24FN3O2. The van der Waals surface area contributed by atoms with E-state index in [0.717, 1.165) is 22.5 Å². The van der Waals surface area contributed by atoms with Gasteiger partial charge in [-0.15, -0.1) is 0 Å². The van der Waals surface area contributed by atoms with Crippen LogP contribution in [0.15, 0.2) is 54.7 Å². The molecular weight excluding hydrogens is 357 g/mol. The molecule has 0 amide bonds. The van der Waals surface area contributed by atoms with Crippen molar-refractivity contribution < 1.29 is 13.9 Å². The van der Waals surface area contributed by atoms with Gasteiger partial charge in [-0.3, -0.25) is 0 Å². The Hall–Kier alpha value is -2.54. The molecule has 4 rings (SSSR count). The van der Waals surface area contributed by atoms with Gasteiger partial charge in [0.25, 0.3) is 0 Å². The lowest BCUT2D eigenvalue weighted by atomic mass is 10.1. The van der Waals surface area contributed by atoms with Gasteiger partial charge in [-0.2, -0.15) is 5.10 Å². The minimum Gasteiger partial charge on any atom is -0.376 e. The van der Waals surface area contributed by atoms with Crippen molar-refractivity contribution in [3.05, 3.63) is 71.7 Å². The van der Waals surface area contributed by atoms with Crippen LogP contribution in [0.3, 0.4) is 0 Å². The molecule has 1 N–H and O–H groups in total. The third-order valence-corrected chi connectivity index (χ3v) is 4.78. The van der Waals surface area contributed by atoms with Crippen LogP contribution >= 0.6 is 0 Å². The van der Waals surface area contributed by atoms with Crippen molar-refractivity contribution in [3.63, 3.8) is 0 Å². The van der Waals surface area contributed by atoms with E-state index in [0.29, 0.717) is 32.9 Å². The monoisotopic (exact) mass is 381 g/mol. The predicted molar refractivity (Wildman–Crippen MR) is 106 cm³/mol. The van der Waals surface area contributed by atoms with E-state index >= 15 is 0 Å². The van der Waals surface area contributed by atoms with Gasteiger partial charge >= 0.3 is 0 Å². The molecule has 3 aromatic rings. The van der Waals surface area contributed by atoms with E-state index in [-0.39, 0.29) is 11.9 Å². The maximum absolute atomic E-state index is 13.4. The number of nitrogens with one attached hydrogen (secondary N) is 1. The first-order valence-corrected chi connectivity index (χ1v) is 9.50. The first-order valence-electron chi connectivity index (χ1n) is 9.50. The largest absolute Gasteiger partial charge is 0.376 e. The first kappa shape index (κ1) is 18.8. The molecule has 2 heterocycles. The fourth-order valence-electron chi connectivity index (χ4n) is 3.24. The maximum Gasteiger partial charge on any atom is 0.123 e. The topological polar surface area (TPSA) is 48.3 Å². The van der Waals surface area contributed by atoms with Crippen LogP contribution < -0.4 is 5.32 Å². The van der Waals surface area contributed by atoms with Crippen molar-refractivity contribution in [2.24, 2.45) is 0 Å². The second-order valence-electron chi connectivity index (χ2n) is 6.99. The highest BCUT2D eigenvalue weighted by atomic mass is 19.1. The lowest BCUT2D eigenvalue weighted by Crippen LogP contribution is -2.37. The highest BCUT2D eigenvalue weighted by molar-refractivity contribution is 5.63. The second-order valence-corrected chi connectivity index (χ2v) is 6.99. The summed E-state index contributed by atoms with van der Waals surface area (Å²) in [6.45, 7) is 5.31. The molecule has 28 heavy (non-hydrogen) atoms. The molecule has 5 nitrogen and oxygen atoms in total. The van der Waals surface area contributed by atoms with Gasteiger partial charge in [-0.1, -0.05) is 17.7 Å². The van der Waals surface area contributed by atoms with Crippen LogP contribution in [0.4, 0.5) is 4.39 Å². The van der Waals surface area contributed by atoms with Crippen molar-refractivity contribution in [1.82, 2.24) is 15.1 Å². The van der Waals surface area contributed by atoms with Crippen LogP contribution in [0.25, 0.3) is 16.9 Å². The fraction of sp³-hybridized carbons (Fsp3) is 0.318. The molecule has 146 valence electrons. The molecule has 1 aliphatic rings. The quantitative estimate of drug-likeness (QED) is 0.710. The van der Waals surface area contributed by atoms with E-state index in [1.54, 1.807) is 12.1 Å². The average Bonchev–Trinajstić information content (AvgIpc) is 3.14. The number of aryl methyl sites for hydroxylation is 1. The van der Waals surface area contributed by atoms with Crippen LogP contribution in [0.2, 0.25) is 0 Å². The van der Waals surface area contributed by atoms with Crippen LogP contribution in [-0.2, 0) is 16.0 Å². The van der Waals surface area contributed by atoms with E-state index in [2.05, 4.69) is 24.4 Å². The number of rotatable bonds is 6. The predicted octanol–water partition coefficient (Wildman–Crippen LogP) is 3.49. The molecule has 1 saturated heterocycles. The Kier molecular flexibility index (Phi) is 5.81. The minimum atomic E-state index is -0.254. The highest BCUT2D eigenvalue weighted by Gasteiger charge is 2.16. The van der Waals surface area contributed by atoms with Gasteiger partial charge in [0.1, 0.15) is 5.82 Å². The Bertz CT molecular complexity index is 901. The first-order chi connectivity index (χ1) is 13.7. The molecule has 1 aliphatic heterocycles. The molecule has 0 radical (unpaired) electrons. The average molecular weight is 381 g/mol. The number of benzene rings is 2. The molecule has 6 heteroatoms. The number of aromatic nitrogens is 2. The van der Waals surface area contributed by atoms with Crippen molar-refractivity contribution in [2.45, 2.75) is 19.6 Å². The zero-order valence-electron chi connectivity index (χ0n) is 15.9. The lowest BCUT2D eigenvalue weighted by Gasteiger charge is -2.23. The Labute approximate surface area is 164 Å². The number of ether oxygens (including phenoxy) is 2.